The molecule has 6 nitrogen and oxygen atoms in total. The Hall–Kier alpha value is -3.02. The standard InChI is InChI=1S/C24H27N3O3/c1-24(2)21(16-8-4-3-5-9-16)27(23(29)30-24)18-14-12-17(13-15-18)26-20-11-7-6-10-19(20)25-22(26)28/h3-11,17-18,21H,12-15H2,1-2H3,(H,25,28)/t17-,18-,21-/m0/s1. The van der Waals surface area contributed by atoms with Crippen LogP contribution in [0.2, 0.25) is 0 Å². The van der Waals surface area contributed by atoms with E-state index in [1.165, 1.54) is 0 Å². The maximum absolute atomic E-state index is 12.9. The number of cyclic esters (lactones) is 1. The molecule has 30 heavy (non-hydrogen) atoms. The average Bonchev–Trinajstić information content (AvgIpc) is 3.20. The van der Waals surface area contributed by atoms with Crippen molar-refractivity contribution in [2.45, 2.75) is 63.3 Å². The number of carbonyl (C=O) groups is 1. The summed E-state index contributed by atoms with van der Waals surface area (Å²) in [5.41, 5.74) is 2.29. The van der Waals surface area contributed by atoms with Gasteiger partial charge in [-0.2, -0.15) is 0 Å². The van der Waals surface area contributed by atoms with Crippen molar-refractivity contribution < 1.29 is 9.53 Å². The van der Waals surface area contributed by atoms with Crippen LogP contribution in [0, 0.1) is 0 Å². The number of benzene rings is 2. The van der Waals surface area contributed by atoms with Gasteiger partial charge < -0.3 is 9.72 Å². The van der Waals surface area contributed by atoms with E-state index >= 15 is 0 Å². The van der Waals surface area contributed by atoms with Gasteiger partial charge in [-0.15, -0.1) is 0 Å². The van der Waals surface area contributed by atoms with Gasteiger partial charge in [0, 0.05) is 12.1 Å². The van der Waals surface area contributed by atoms with Crippen molar-refractivity contribution in [1.82, 2.24) is 14.5 Å². The van der Waals surface area contributed by atoms with E-state index < -0.39 is 5.60 Å². The Labute approximate surface area is 175 Å². The highest BCUT2D eigenvalue weighted by atomic mass is 16.6. The van der Waals surface area contributed by atoms with Gasteiger partial charge in [0.1, 0.15) is 5.60 Å². The molecule has 1 aromatic heterocycles. The zero-order valence-electron chi connectivity index (χ0n) is 17.4. The van der Waals surface area contributed by atoms with E-state index in [0.29, 0.717) is 0 Å². The minimum atomic E-state index is -0.580. The molecule has 5 rings (SSSR count). The number of para-hydroxylation sites is 2. The monoisotopic (exact) mass is 405 g/mol. The second-order valence-electron chi connectivity index (χ2n) is 8.97. The van der Waals surface area contributed by atoms with Crippen molar-refractivity contribution in [2.75, 3.05) is 0 Å². The first-order valence-corrected chi connectivity index (χ1v) is 10.7. The minimum absolute atomic E-state index is 0.0523. The summed E-state index contributed by atoms with van der Waals surface area (Å²) >= 11 is 0. The molecule has 3 aromatic rings. The molecule has 2 aliphatic rings. The lowest BCUT2D eigenvalue weighted by molar-refractivity contribution is 0.0662. The first-order valence-electron chi connectivity index (χ1n) is 10.7. The summed E-state index contributed by atoms with van der Waals surface area (Å²) in [5, 5.41) is 0. The summed E-state index contributed by atoms with van der Waals surface area (Å²) in [6.45, 7) is 3.97. The summed E-state index contributed by atoms with van der Waals surface area (Å²) in [4.78, 5) is 30.3. The minimum Gasteiger partial charge on any atom is -0.441 e. The Morgan fingerprint density at radius 1 is 0.900 bits per heavy atom. The SMILES string of the molecule is CC1(C)OC(=O)N([C@H]2CC[C@H](n3c(=O)[nH]c4ccccc43)CC2)[C@H]1c1ccccc1. The Morgan fingerprint density at radius 3 is 2.27 bits per heavy atom. The molecule has 1 saturated carbocycles. The van der Waals surface area contributed by atoms with Crippen molar-refractivity contribution in [1.29, 1.82) is 0 Å². The Kier molecular flexibility index (Phi) is 4.45. The smallest absolute Gasteiger partial charge is 0.411 e. The highest BCUT2D eigenvalue weighted by Gasteiger charge is 2.51. The van der Waals surface area contributed by atoms with E-state index in [0.717, 1.165) is 42.3 Å². The number of hydrogen-bond acceptors (Lipinski definition) is 3. The van der Waals surface area contributed by atoms with Crippen molar-refractivity contribution in [2.24, 2.45) is 0 Å². The Morgan fingerprint density at radius 2 is 1.53 bits per heavy atom. The normalized spacial score (nSPS) is 26.1. The van der Waals surface area contributed by atoms with Gasteiger partial charge in [-0.25, -0.2) is 9.59 Å². The van der Waals surface area contributed by atoms with Gasteiger partial charge in [-0.3, -0.25) is 9.47 Å². The molecule has 2 aromatic carbocycles. The predicted molar refractivity (Wildman–Crippen MR) is 115 cm³/mol. The third kappa shape index (κ3) is 3.02. The second-order valence-corrected chi connectivity index (χ2v) is 8.97. The summed E-state index contributed by atoms with van der Waals surface area (Å²) in [6, 6.07) is 18.1. The van der Waals surface area contributed by atoms with Crippen LogP contribution in [0.25, 0.3) is 11.0 Å². The summed E-state index contributed by atoms with van der Waals surface area (Å²) in [6.07, 6.45) is 3.19. The fourth-order valence-electron chi connectivity index (χ4n) is 5.36. The molecule has 0 radical (unpaired) electrons. The van der Waals surface area contributed by atoms with E-state index in [4.69, 9.17) is 4.74 Å². The number of H-pyrrole nitrogens is 1. The highest BCUT2D eigenvalue weighted by molar-refractivity contribution is 5.75. The number of carbonyl (C=O) groups excluding carboxylic acids is 1. The third-order valence-electron chi connectivity index (χ3n) is 6.66. The maximum atomic E-state index is 12.9. The van der Waals surface area contributed by atoms with Crippen molar-refractivity contribution >= 4 is 17.1 Å². The van der Waals surface area contributed by atoms with Gasteiger partial charge in [0.05, 0.1) is 17.1 Å². The van der Waals surface area contributed by atoms with Crippen molar-refractivity contribution in [3.05, 3.63) is 70.6 Å². The van der Waals surface area contributed by atoms with Crippen LogP contribution in [-0.2, 0) is 4.74 Å². The molecule has 1 amide bonds. The average molecular weight is 405 g/mol. The molecule has 156 valence electrons. The van der Waals surface area contributed by atoms with Crippen LogP contribution in [0.15, 0.2) is 59.4 Å². The fourth-order valence-corrected chi connectivity index (χ4v) is 5.36. The molecule has 1 aliphatic carbocycles. The second kappa shape index (κ2) is 7.04. The quantitative estimate of drug-likeness (QED) is 0.682. The van der Waals surface area contributed by atoms with Crippen LogP contribution in [0.5, 0.6) is 0 Å². The number of fused-ring (bicyclic) bond motifs is 1. The number of aromatic amines is 1. The van der Waals surface area contributed by atoms with Crippen LogP contribution >= 0.6 is 0 Å². The van der Waals surface area contributed by atoms with Crippen molar-refractivity contribution in [3.8, 4) is 0 Å². The Balaban J connectivity index is 1.40. The number of hydrogen-bond donors (Lipinski definition) is 1. The number of rotatable bonds is 3. The van der Waals surface area contributed by atoms with Crippen LogP contribution in [0.4, 0.5) is 4.79 Å². The Bertz CT molecular complexity index is 1120. The number of nitrogens with one attached hydrogen (secondary N) is 1. The summed E-state index contributed by atoms with van der Waals surface area (Å²) in [7, 11) is 0. The van der Waals surface area contributed by atoms with Gasteiger partial charge in [0.15, 0.2) is 0 Å². The van der Waals surface area contributed by atoms with Gasteiger partial charge in [-0.1, -0.05) is 42.5 Å². The largest absolute Gasteiger partial charge is 0.441 e. The maximum Gasteiger partial charge on any atom is 0.411 e. The van der Waals surface area contributed by atoms with E-state index in [9.17, 15) is 9.59 Å². The third-order valence-corrected chi connectivity index (χ3v) is 6.66. The highest BCUT2D eigenvalue weighted by Crippen LogP contribution is 2.45. The summed E-state index contributed by atoms with van der Waals surface area (Å²) < 4.78 is 7.68. The molecule has 2 fully saturated rings. The van der Waals surface area contributed by atoms with Crippen LogP contribution in [-0.4, -0.2) is 32.2 Å². The molecule has 1 saturated heterocycles. The van der Waals surface area contributed by atoms with E-state index in [2.05, 4.69) is 17.1 Å². The molecule has 6 heteroatoms. The molecule has 0 spiro atoms. The van der Waals surface area contributed by atoms with Gasteiger partial charge >= 0.3 is 11.8 Å². The zero-order chi connectivity index (χ0) is 20.9. The molecule has 0 unspecified atom stereocenters. The number of amides is 1. The van der Waals surface area contributed by atoms with Crippen molar-refractivity contribution in [3.63, 3.8) is 0 Å². The molecular weight excluding hydrogens is 378 g/mol. The lowest BCUT2D eigenvalue weighted by Crippen LogP contribution is -2.43. The van der Waals surface area contributed by atoms with Crippen LogP contribution in [0.1, 0.15) is 57.2 Å². The van der Waals surface area contributed by atoms with Gasteiger partial charge in [0.25, 0.3) is 0 Å². The molecule has 1 aliphatic heterocycles. The number of nitrogens with zero attached hydrogens (tertiary/aromatic N) is 2. The van der Waals surface area contributed by atoms with E-state index in [1.807, 2.05) is 65.8 Å². The van der Waals surface area contributed by atoms with E-state index in [-0.39, 0.29) is 29.9 Å². The fraction of sp³-hybridized carbons (Fsp3) is 0.417. The molecular formula is C24H27N3O3. The number of ether oxygens (including phenoxy) is 1. The molecule has 1 atom stereocenters. The van der Waals surface area contributed by atoms with Gasteiger partial charge in [0.2, 0.25) is 0 Å². The summed E-state index contributed by atoms with van der Waals surface area (Å²) in [5.74, 6) is 0. The number of imidazole rings is 1. The lowest BCUT2D eigenvalue weighted by Gasteiger charge is -2.38. The van der Waals surface area contributed by atoms with Gasteiger partial charge in [-0.05, 0) is 57.2 Å². The topological polar surface area (TPSA) is 67.3 Å². The molecule has 2 heterocycles. The predicted octanol–water partition coefficient (Wildman–Crippen LogP) is 4.79. The molecule has 1 N–H and O–H groups in total. The lowest BCUT2D eigenvalue weighted by atomic mass is 9.86. The van der Waals surface area contributed by atoms with Crippen LogP contribution in [0.3, 0.4) is 0 Å². The zero-order valence-corrected chi connectivity index (χ0v) is 17.4. The first-order chi connectivity index (χ1) is 14.5. The molecule has 0 bridgehead atoms. The first kappa shape index (κ1) is 19.0. The van der Waals surface area contributed by atoms with Crippen LogP contribution < -0.4 is 5.69 Å². The number of aromatic nitrogens is 2. The van der Waals surface area contributed by atoms with E-state index in [1.54, 1.807) is 0 Å².